The van der Waals surface area contributed by atoms with E-state index in [1.54, 1.807) is 14.0 Å². The van der Waals surface area contributed by atoms with Crippen LogP contribution in [0, 0.1) is 11.8 Å². The van der Waals surface area contributed by atoms with E-state index in [4.69, 9.17) is 19.9 Å². The van der Waals surface area contributed by atoms with Crippen LogP contribution in [0.25, 0.3) is 0 Å². The second-order valence-electron chi connectivity index (χ2n) is 8.41. The van der Waals surface area contributed by atoms with Crippen molar-refractivity contribution in [2.24, 2.45) is 17.6 Å². The maximum Gasteiger partial charge on any atom is 0.404 e. The second kappa shape index (κ2) is 6.84. The first-order chi connectivity index (χ1) is 13.7. The predicted octanol–water partition coefficient (Wildman–Crippen LogP) is 0.453. The van der Waals surface area contributed by atoms with Crippen LogP contribution in [-0.2, 0) is 23.8 Å². The number of ether oxygens (including phenoxy) is 3. The summed E-state index contributed by atoms with van der Waals surface area (Å²) in [5.74, 6) is -0.756. The number of piperazine rings is 1. The molecule has 2 fully saturated rings. The highest BCUT2D eigenvalue weighted by Gasteiger charge is 2.72. The molecular weight excluding hydrogens is 378 g/mol. The lowest BCUT2D eigenvalue weighted by Gasteiger charge is -2.39. The number of nitrogens with two attached hydrogens (primary N) is 1. The maximum absolute atomic E-state index is 13.4. The number of nitrogens with zero attached hydrogens (tertiary/aromatic N) is 1. The van der Waals surface area contributed by atoms with Crippen LogP contribution in [0.3, 0.4) is 0 Å². The molecule has 9 nitrogen and oxygen atoms in total. The van der Waals surface area contributed by atoms with Crippen LogP contribution in [0.1, 0.15) is 27.2 Å². The molecule has 3 heterocycles. The number of rotatable bonds is 7. The van der Waals surface area contributed by atoms with E-state index in [0.29, 0.717) is 30.3 Å². The number of hydrogen-bond donors (Lipinski definition) is 2. The molecule has 4 rings (SSSR count). The fraction of sp³-hybridized carbons (Fsp3) is 0.650. The summed E-state index contributed by atoms with van der Waals surface area (Å²) < 4.78 is 16.8. The highest BCUT2D eigenvalue weighted by Crippen LogP contribution is 2.55. The van der Waals surface area contributed by atoms with Gasteiger partial charge in [0.15, 0.2) is 11.5 Å². The molecule has 0 spiro atoms. The lowest BCUT2D eigenvalue weighted by Crippen LogP contribution is -2.55. The molecule has 0 aromatic rings. The van der Waals surface area contributed by atoms with Crippen molar-refractivity contribution < 1.29 is 28.6 Å². The van der Waals surface area contributed by atoms with E-state index in [-0.39, 0.29) is 41.6 Å². The normalized spacial score (nSPS) is 32.6. The minimum absolute atomic E-state index is 0.0641. The van der Waals surface area contributed by atoms with Crippen molar-refractivity contribution in [2.45, 2.75) is 45.0 Å². The number of carbonyl (C=O) groups is 3. The van der Waals surface area contributed by atoms with Crippen molar-refractivity contribution in [1.29, 1.82) is 0 Å². The number of ketones is 2. The minimum atomic E-state index is -0.968. The Balaban J connectivity index is 1.71. The summed E-state index contributed by atoms with van der Waals surface area (Å²) in [6, 6.07) is 0.0988. The summed E-state index contributed by atoms with van der Waals surface area (Å²) in [4.78, 5) is 39.9. The molecule has 158 valence electrons. The van der Waals surface area contributed by atoms with Gasteiger partial charge in [0.1, 0.15) is 6.61 Å². The Kier molecular flexibility index (Phi) is 4.70. The molecule has 4 aliphatic rings. The van der Waals surface area contributed by atoms with Crippen molar-refractivity contribution >= 4 is 17.7 Å². The molecule has 0 bridgehead atoms. The van der Waals surface area contributed by atoms with Gasteiger partial charge in [0.25, 0.3) is 0 Å². The first-order valence-corrected chi connectivity index (χ1v) is 9.92. The van der Waals surface area contributed by atoms with Gasteiger partial charge in [-0.25, -0.2) is 4.79 Å². The van der Waals surface area contributed by atoms with Crippen LogP contribution in [0.2, 0.25) is 0 Å². The van der Waals surface area contributed by atoms with E-state index in [1.165, 1.54) is 0 Å². The quantitative estimate of drug-likeness (QED) is 0.461. The topological polar surface area (TPSA) is 130 Å². The lowest BCUT2D eigenvalue weighted by atomic mass is 9.83. The molecule has 0 aromatic carbocycles. The SMILES string of the molecule is COC12C(COC(N)=O)C3=C(C(=O)C(C)=C(OCCC(C)C)C3=O)N1CC1NC12. The number of primary amides is 1. The monoisotopic (exact) mass is 405 g/mol. The van der Waals surface area contributed by atoms with Gasteiger partial charge in [-0.05, 0) is 19.3 Å². The largest absolute Gasteiger partial charge is 0.489 e. The van der Waals surface area contributed by atoms with Gasteiger partial charge in [0.2, 0.25) is 11.6 Å². The van der Waals surface area contributed by atoms with Gasteiger partial charge >= 0.3 is 6.09 Å². The Morgan fingerprint density at radius 1 is 1.34 bits per heavy atom. The molecule has 3 N–H and O–H groups in total. The zero-order valence-electron chi connectivity index (χ0n) is 17.1. The van der Waals surface area contributed by atoms with E-state index < -0.39 is 17.7 Å². The van der Waals surface area contributed by atoms with Crippen LogP contribution < -0.4 is 11.1 Å². The van der Waals surface area contributed by atoms with Gasteiger partial charge in [-0.2, -0.15) is 0 Å². The average Bonchev–Trinajstić information content (AvgIpc) is 3.27. The highest BCUT2D eigenvalue weighted by atomic mass is 16.6. The summed E-state index contributed by atoms with van der Waals surface area (Å²) in [6.45, 7) is 6.47. The van der Waals surface area contributed by atoms with E-state index in [9.17, 15) is 14.4 Å². The molecule has 3 aliphatic heterocycles. The maximum atomic E-state index is 13.4. The molecule has 1 amide bonds. The standard InChI is InChI=1S/C20H27N3O6/c1-9(2)5-6-28-17-10(3)15(24)14-13(16(17)25)11(8-29-19(21)26)20(27-4)18-12(22-18)7-23(14)20/h9,11-12,18,22H,5-8H2,1-4H3,(H2,21,26). The van der Waals surface area contributed by atoms with Gasteiger partial charge in [-0.3, -0.25) is 9.59 Å². The number of amides is 1. The van der Waals surface area contributed by atoms with E-state index in [0.717, 1.165) is 6.42 Å². The van der Waals surface area contributed by atoms with Crippen molar-refractivity contribution in [2.75, 3.05) is 26.9 Å². The van der Waals surface area contributed by atoms with Crippen LogP contribution in [0.15, 0.2) is 22.6 Å². The summed E-state index contributed by atoms with van der Waals surface area (Å²) >= 11 is 0. The number of methoxy groups -OCH3 is 1. The third kappa shape index (κ3) is 2.78. The first kappa shape index (κ1) is 19.9. The van der Waals surface area contributed by atoms with Crippen LogP contribution in [0.4, 0.5) is 4.79 Å². The highest BCUT2D eigenvalue weighted by molar-refractivity contribution is 6.25. The minimum Gasteiger partial charge on any atom is -0.489 e. The molecule has 4 atom stereocenters. The van der Waals surface area contributed by atoms with Crippen LogP contribution >= 0.6 is 0 Å². The summed E-state index contributed by atoms with van der Waals surface area (Å²) in [6.07, 6.45) is -0.176. The summed E-state index contributed by atoms with van der Waals surface area (Å²) in [7, 11) is 1.54. The number of carbonyl (C=O) groups excluding carboxylic acids is 3. The summed E-state index contributed by atoms with van der Waals surface area (Å²) in [5, 5.41) is 3.32. The van der Waals surface area contributed by atoms with E-state index in [2.05, 4.69) is 19.2 Å². The molecule has 2 saturated heterocycles. The number of nitrogens with one attached hydrogen (secondary N) is 1. The second-order valence-corrected chi connectivity index (χ2v) is 8.41. The molecule has 9 heteroatoms. The predicted molar refractivity (Wildman–Crippen MR) is 101 cm³/mol. The van der Waals surface area contributed by atoms with E-state index in [1.807, 2.05) is 4.90 Å². The van der Waals surface area contributed by atoms with Gasteiger partial charge in [-0.15, -0.1) is 0 Å². The lowest BCUT2D eigenvalue weighted by molar-refractivity contribution is -0.137. The van der Waals surface area contributed by atoms with Gasteiger partial charge in [0, 0.05) is 30.8 Å². The Hall–Kier alpha value is -2.39. The molecule has 0 aromatic heterocycles. The third-order valence-electron chi connectivity index (χ3n) is 6.31. The van der Waals surface area contributed by atoms with E-state index >= 15 is 0 Å². The molecule has 0 radical (unpaired) electrons. The molecule has 0 saturated carbocycles. The first-order valence-electron chi connectivity index (χ1n) is 9.92. The Morgan fingerprint density at radius 3 is 2.69 bits per heavy atom. The van der Waals surface area contributed by atoms with Crippen LogP contribution in [-0.4, -0.2) is 67.2 Å². The number of hydrogen-bond acceptors (Lipinski definition) is 8. The zero-order valence-corrected chi connectivity index (χ0v) is 17.1. The molecule has 29 heavy (non-hydrogen) atoms. The third-order valence-corrected chi connectivity index (χ3v) is 6.31. The number of fused-ring (bicyclic) bond motifs is 4. The van der Waals surface area contributed by atoms with Crippen molar-refractivity contribution in [3.63, 3.8) is 0 Å². The van der Waals surface area contributed by atoms with Crippen molar-refractivity contribution in [3.8, 4) is 0 Å². The number of Topliss-reactive ketones (excluding diaryl/α,β-unsaturated/α-hetero) is 2. The Labute approximate surface area is 169 Å². The fourth-order valence-corrected chi connectivity index (χ4v) is 4.84. The number of allylic oxidation sites excluding steroid dienone is 2. The Bertz CT molecular complexity index is 847. The van der Waals surface area contributed by atoms with Crippen molar-refractivity contribution in [1.82, 2.24) is 10.2 Å². The van der Waals surface area contributed by atoms with Crippen LogP contribution in [0.5, 0.6) is 0 Å². The molecular formula is C20H27N3O6. The van der Waals surface area contributed by atoms with Gasteiger partial charge in [-0.1, -0.05) is 13.8 Å². The fourth-order valence-electron chi connectivity index (χ4n) is 4.84. The Morgan fingerprint density at radius 2 is 2.07 bits per heavy atom. The molecule has 1 aliphatic carbocycles. The molecule has 4 unspecified atom stereocenters. The van der Waals surface area contributed by atoms with Gasteiger partial charge < -0.3 is 30.2 Å². The average molecular weight is 405 g/mol. The summed E-state index contributed by atoms with van der Waals surface area (Å²) in [5.41, 5.74) is 5.13. The van der Waals surface area contributed by atoms with Crippen molar-refractivity contribution in [3.05, 3.63) is 22.6 Å². The smallest absolute Gasteiger partial charge is 0.404 e. The van der Waals surface area contributed by atoms with Gasteiger partial charge in [0.05, 0.1) is 24.3 Å². The zero-order chi connectivity index (χ0) is 21.1.